The second-order valence-electron chi connectivity index (χ2n) is 5.62. The number of rotatable bonds is 6. The van der Waals surface area contributed by atoms with Crippen LogP contribution in [0.1, 0.15) is 11.1 Å². The van der Waals surface area contributed by atoms with Gasteiger partial charge in [0.25, 0.3) is 5.91 Å². The van der Waals surface area contributed by atoms with Gasteiger partial charge >= 0.3 is 0 Å². The minimum atomic E-state index is -0.635. The number of nitrogens with one attached hydrogen (secondary N) is 1. The third-order valence-electron chi connectivity index (χ3n) is 3.79. The van der Waals surface area contributed by atoms with E-state index in [1.165, 1.54) is 25.6 Å². The Kier molecular flexibility index (Phi) is 6.49. The lowest BCUT2D eigenvalue weighted by atomic mass is 10.2. The summed E-state index contributed by atoms with van der Waals surface area (Å²) in [4.78, 5) is 10.9. The second-order valence-corrected chi connectivity index (χ2v) is 6.54. The van der Waals surface area contributed by atoms with Crippen molar-refractivity contribution < 1.29 is 18.7 Å². The maximum absolute atomic E-state index is 13.8. The Morgan fingerprint density at radius 1 is 1.29 bits per heavy atom. The highest BCUT2D eigenvalue weighted by atomic mass is 79.9. The first-order chi connectivity index (χ1) is 13.6. The molecule has 28 heavy (non-hydrogen) atoms. The highest BCUT2D eigenvalue weighted by Gasteiger charge is 2.23. The first kappa shape index (κ1) is 19.7. The molecule has 1 aliphatic heterocycles. The van der Waals surface area contributed by atoms with Crippen LogP contribution in [-0.2, 0) is 11.4 Å². The van der Waals surface area contributed by atoms with Crippen LogP contribution in [-0.4, -0.2) is 36.0 Å². The predicted molar refractivity (Wildman–Crippen MR) is 108 cm³/mol. The van der Waals surface area contributed by atoms with Crippen LogP contribution in [0.15, 0.2) is 57.8 Å². The lowest BCUT2D eigenvalue weighted by molar-refractivity contribution is -0.119. The number of alkyl halides is 1. The molecule has 1 amide bonds. The zero-order chi connectivity index (χ0) is 19.9. The molecule has 3 rings (SSSR count). The number of methoxy groups -OCH3 is 1. The van der Waals surface area contributed by atoms with Gasteiger partial charge in [-0.3, -0.25) is 4.79 Å². The monoisotopic (exact) mass is 446 g/mol. The van der Waals surface area contributed by atoms with Gasteiger partial charge in [0, 0.05) is 11.1 Å². The maximum Gasteiger partial charge on any atom is 0.260 e. The molecule has 0 saturated carbocycles. The Balaban J connectivity index is 1.83. The van der Waals surface area contributed by atoms with Gasteiger partial charge in [-0.15, -0.1) is 0 Å². The van der Waals surface area contributed by atoms with Crippen LogP contribution in [0.2, 0.25) is 0 Å². The molecule has 0 spiro atoms. The summed E-state index contributed by atoms with van der Waals surface area (Å²) in [7, 11) is 1.51. The van der Waals surface area contributed by atoms with Crippen molar-refractivity contribution in [1.29, 1.82) is 0 Å². The molecule has 1 unspecified atom stereocenters. The standard InChI is InChI=1S/C19H16BrFN4O3/c1-27-16-8-4-6-12(9-22-24-15-10-23-25-19(26)17(15)20)18(16)28-11-13-5-2-3-7-14(13)21/h2-10,17H,11H2,1H3,(H,25,26)/b22-9+,24-15-. The molecule has 0 radical (unpaired) electrons. The van der Waals surface area contributed by atoms with Crippen LogP contribution < -0.4 is 14.9 Å². The van der Waals surface area contributed by atoms with E-state index in [1.54, 1.807) is 36.4 Å². The number of nitrogens with zero attached hydrogens (tertiary/aromatic N) is 3. The molecular formula is C19H16BrFN4O3. The number of benzene rings is 2. The summed E-state index contributed by atoms with van der Waals surface area (Å²) in [5.41, 5.74) is 3.68. The zero-order valence-electron chi connectivity index (χ0n) is 14.8. The molecule has 0 aliphatic carbocycles. The Morgan fingerprint density at radius 3 is 2.89 bits per heavy atom. The number of hydrogen-bond donors (Lipinski definition) is 1. The lowest BCUT2D eigenvalue weighted by Gasteiger charge is -2.13. The molecule has 0 aromatic heterocycles. The number of para-hydroxylation sites is 1. The largest absolute Gasteiger partial charge is 0.493 e. The van der Waals surface area contributed by atoms with Gasteiger partial charge in [0.1, 0.15) is 23.0 Å². The third-order valence-corrected chi connectivity index (χ3v) is 4.68. The molecule has 1 aliphatic rings. The number of halogens is 2. The number of amides is 1. The molecule has 1 heterocycles. The lowest BCUT2D eigenvalue weighted by Crippen LogP contribution is -2.38. The SMILES string of the molecule is COc1cccc(/C=N/N=C2/C=NNC(=O)C2Br)c1OCc1ccccc1F. The third kappa shape index (κ3) is 4.61. The van der Waals surface area contributed by atoms with Gasteiger partial charge < -0.3 is 9.47 Å². The van der Waals surface area contributed by atoms with Gasteiger partial charge in [-0.1, -0.05) is 40.2 Å². The van der Waals surface area contributed by atoms with Crippen molar-refractivity contribution in [3.8, 4) is 11.5 Å². The van der Waals surface area contributed by atoms with Crippen molar-refractivity contribution in [2.75, 3.05) is 7.11 Å². The Labute approximate surface area is 169 Å². The average Bonchev–Trinajstić information content (AvgIpc) is 2.71. The normalized spacial score (nSPS) is 17.8. The number of ether oxygens (including phenoxy) is 2. The van der Waals surface area contributed by atoms with Crippen molar-refractivity contribution in [1.82, 2.24) is 5.43 Å². The molecule has 144 valence electrons. The van der Waals surface area contributed by atoms with Gasteiger partial charge in [0.05, 0.1) is 19.5 Å². The molecule has 2 aromatic carbocycles. The van der Waals surface area contributed by atoms with E-state index in [2.05, 4.69) is 36.7 Å². The fourth-order valence-corrected chi connectivity index (χ4v) is 2.68. The fourth-order valence-electron chi connectivity index (χ4n) is 2.37. The minimum Gasteiger partial charge on any atom is -0.493 e. The minimum absolute atomic E-state index is 0.0265. The zero-order valence-corrected chi connectivity index (χ0v) is 16.4. The summed E-state index contributed by atoms with van der Waals surface area (Å²) >= 11 is 3.21. The molecule has 1 atom stereocenters. The van der Waals surface area contributed by atoms with Gasteiger partial charge in [0.15, 0.2) is 11.5 Å². The molecule has 2 aromatic rings. The molecule has 7 nitrogen and oxygen atoms in total. The van der Waals surface area contributed by atoms with Crippen molar-refractivity contribution in [3.63, 3.8) is 0 Å². The molecule has 0 saturated heterocycles. The number of carbonyl (C=O) groups is 1. The number of hydrazone groups is 1. The van der Waals surface area contributed by atoms with E-state index in [0.29, 0.717) is 28.3 Å². The topological polar surface area (TPSA) is 84.6 Å². The van der Waals surface area contributed by atoms with E-state index < -0.39 is 4.83 Å². The summed E-state index contributed by atoms with van der Waals surface area (Å²) in [6.07, 6.45) is 2.87. The van der Waals surface area contributed by atoms with Crippen molar-refractivity contribution in [3.05, 3.63) is 59.4 Å². The first-order valence-corrected chi connectivity index (χ1v) is 9.13. The van der Waals surface area contributed by atoms with Crippen molar-refractivity contribution in [2.24, 2.45) is 15.3 Å². The predicted octanol–water partition coefficient (Wildman–Crippen LogP) is 3.07. The number of hydrogen-bond acceptors (Lipinski definition) is 6. The average molecular weight is 447 g/mol. The first-order valence-electron chi connectivity index (χ1n) is 8.21. The highest BCUT2D eigenvalue weighted by molar-refractivity contribution is 9.10. The fraction of sp³-hybridized carbons (Fsp3) is 0.158. The Bertz CT molecular complexity index is 962. The van der Waals surface area contributed by atoms with E-state index in [4.69, 9.17) is 9.47 Å². The van der Waals surface area contributed by atoms with Gasteiger partial charge in [0.2, 0.25) is 0 Å². The molecular weight excluding hydrogens is 431 g/mol. The molecule has 0 bridgehead atoms. The van der Waals surface area contributed by atoms with Crippen molar-refractivity contribution >= 4 is 40.0 Å². The Hall–Kier alpha value is -3.07. The summed E-state index contributed by atoms with van der Waals surface area (Å²) in [5.74, 6) is 0.205. The Morgan fingerprint density at radius 2 is 2.11 bits per heavy atom. The van der Waals surface area contributed by atoms with E-state index in [9.17, 15) is 9.18 Å². The van der Waals surface area contributed by atoms with Crippen LogP contribution in [0.4, 0.5) is 4.39 Å². The quantitative estimate of drug-likeness (QED) is 0.420. The van der Waals surface area contributed by atoms with Crippen LogP contribution in [0.3, 0.4) is 0 Å². The van der Waals surface area contributed by atoms with E-state index in [1.807, 2.05) is 0 Å². The van der Waals surface area contributed by atoms with E-state index in [-0.39, 0.29) is 18.3 Å². The summed E-state index contributed by atoms with van der Waals surface area (Å²) in [5, 5.41) is 11.7. The number of carbonyl (C=O) groups excluding carboxylic acids is 1. The highest BCUT2D eigenvalue weighted by Crippen LogP contribution is 2.31. The molecule has 0 fully saturated rings. The molecule has 1 N–H and O–H groups in total. The van der Waals surface area contributed by atoms with Crippen molar-refractivity contribution in [2.45, 2.75) is 11.4 Å². The van der Waals surface area contributed by atoms with E-state index >= 15 is 0 Å². The summed E-state index contributed by atoms with van der Waals surface area (Å²) in [6, 6.07) is 11.6. The smallest absolute Gasteiger partial charge is 0.260 e. The van der Waals surface area contributed by atoms with Crippen LogP contribution >= 0.6 is 15.9 Å². The van der Waals surface area contributed by atoms with Crippen LogP contribution in [0.5, 0.6) is 11.5 Å². The van der Waals surface area contributed by atoms with Gasteiger partial charge in [-0.05, 0) is 18.2 Å². The summed E-state index contributed by atoms with van der Waals surface area (Å²) < 4.78 is 25.0. The van der Waals surface area contributed by atoms with E-state index in [0.717, 1.165) is 0 Å². The maximum atomic E-state index is 13.8. The summed E-state index contributed by atoms with van der Waals surface area (Å²) in [6.45, 7) is 0.0265. The van der Waals surface area contributed by atoms with Gasteiger partial charge in [-0.2, -0.15) is 15.3 Å². The molecule has 9 heteroatoms. The van der Waals surface area contributed by atoms with Crippen LogP contribution in [0, 0.1) is 5.82 Å². The second kappa shape index (κ2) is 9.23. The van der Waals surface area contributed by atoms with Crippen LogP contribution in [0.25, 0.3) is 0 Å². The van der Waals surface area contributed by atoms with Gasteiger partial charge in [-0.25, -0.2) is 9.82 Å².